The molecule has 0 aliphatic heterocycles. The summed E-state index contributed by atoms with van der Waals surface area (Å²) >= 11 is 9.84. The van der Waals surface area contributed by atoms with Crippen molar-refractivity contribution in [2.45, 2.75) is 6.54 Å². The molecule has 0 saturated heterocycles. The van der Waals surface area contributed by atoms with Crippen LogP contribution in [0.2, 0.25) is 5.02 Å². The second kappa shape index (κ2) is 6.86. The second-order valence-corrected chi connectivity index (χ2v) is 5.34. The van der Waals surface area contributed by atoms with Crippen LogP contribution in [0.3, 0.4) is 0 Å². The number of benzene rings is 2. The summed E-state index contributed by atoms with van der Waals surface area (Å²) in [4.78, 5) is 0. The number of methoxy groups -OCH3 is 2. The van der Waals surface area contributed by atoms with E-state index in [-0.39, 0.29) is 0 Å². The molecule has 0 heterocycles. The first-order valence-corrected chi connectivity index (χ1v) is 7.22. The first-order valence-electron chi connectivity index (χ1n) is 6.05. The lowest BCUT2D eigenvalue weighted by Crippen LogP contribution is -2.02. The average molecular weight is 357 g/mol. The van der Waals surface area contributed by atoms with Crippen LogP contribution < -0.4 is 14.8 Å². The molecule has 5 heteroatoms. The molecule has 0 amide bonds. The third-order valence-electron chi connectivity index (χ3n) is 2.91. The molecule has 0 radical (unpaired) electrons. The van der Waals surface area contributed by atoms with E-state index >= 15 is 0 Å². The van der Waals surface area contributed by atoms with Crippen molar-refractivity contribution >= 4 is 33.2 Å². The molecule has 106 valence electrons. The Bertz CT molecular complexity index is 604. The van der Waals surface area contributed by atoms with Crippen molar-refractivity contribution in [1.29, 1.82) is 0 Å². The zero-order valence-electron chi connectivity index (χ0n) is 11.2. The molecule has 2 aromatic carbocycles. The topological polar surface area (TPSA) is 30.5 Å². The van der Waals surface area contributed by atoms with Gasteiger partial charge in [0.2, 0.25) is 0 Å². The first-order chi connectivity index (χ1) is 9.67. The quantitative estimate of drug-likeness (QED) is 0.840. The highest BCUT2D eigenvalue weighted by Crippen LogP contribution is 2.37. The van der Waals surface area contributed by atoms with Crippen LogP contribution in [0.4, 0.5) is 5.69 Å². The number of rotatable bonds is 5. The van der Waals surface area contributed by atoms with E-state index in [9.17, 15) is 0 Å². The summed E-state index contributed by atoms with van der Waals surface area (Å²) in [6, 6.07) is 11.7. The van der Waals surface area contributed by atoms with Crippen LogP contribution in [0.25, 0.3) is 0 Å². The van der Waals surface area contributed by atoms with E-state index < -0.39 is 0 Å². The smallest absolute Gasteiger partial charge is 0.179 e. The predicted molar refractivity (Wildman–Crippen MR) is 86.0 cm³/mol. The van der Waals surface area contributed by atoms with Crippen LogP contribution in [-0.4, -0.2) is 14.2 Å². The molecule has 0 fully saturated rings. The van der Waals surface area contributed by atoms with E-state index in [1.165, 1.54) is 0 Å². The molecule has 0 aromatic heterocycles. The Morgan fingerprint density at radius 1 is 1.10 bits per heavy atom. The fourth-order valence-corrected chi connectivity index (χ4v) is 2.59. The van der Waals surface area contributed by atoms with Gasteiger partial charge < -0.3 is 14.8 Å². The Morgan fingerprint density at radius 2 is 1.85 bits per heavy atom. The van der Waals surface area contributed by atoms with Crippen LogP contribution in [0, 0.1) is 0 Å². The minimum atomic E-state index is 0.556. The molecule has 0 bridgehead atoms. The van der Waals surface area contributed by atoms with E-state index in [2.05, 4.69) is 21.2 Å². The SMILES string of the molecule is COc1ccc(CNc2ccccc2Br)c(Cl)c1OC. The van der Waals surface area contributed by atoms with Gasteiger partial charge in [0.15, 0.2) is 11.5 Å². The molecule has 0 aliphatic carbocycles. The Balaban J connectivity index is 2.20. The highest BCUT2D eigenvalue weighted by Gasteiger charge is 2.13. The van der Waals surface area contributed by atoms with Crippen molar-refractivity contribution in [1.82, 2.24) is 0 Å². The van der Waals surface area contributed by atoms with E-state index in [1.807, 2.05) is 36.4 Å². The molecule has 0 unspecified atom stereocenters. The lowest BCUT2D eigenvalue weighted by atomic mass is 10.2. The highest BCUT2D eigenvalue weighted by atomic mass is 79.9. The number of ether oxygens (including phenoxy) is 2. The van der Waals surface area contributed by atoms with Gasteiger partial charge >= 0.3 is 0 Å². The standard InChI is InChI=1S/C15H15BrClNO2/c1-19-13-8-7-10(14(17)15(13)20-2)9-18-12-6-4-3-5-11(12)16/h3-8,18H,9H2,1-2H3. The monoisotopic (exact) mass is 355 g/mol. The van der Waals surface area contributed by atoms with Gasteiger partial charge in [-0.1, -0.05) is 29.8 Å². The van der Waals surface area contributed by atoms with Crippen LogP contribution in [0.15, 0.2) is 40.9 Å². The molecule has 2 aromatic rings. The molecule has 0 saturated carbocycles. The maximum atomic E-state index is 6.34. The molecular formula is C15H15BrClNO2. The fourth-order valence-electron chi connectivity index (χ4n) is 1.86. The number of anilines is 1. The molecule has 2 rings (SSSR count). The minimum Gasteiger partial charge on any atom is -0.493 e. The van der Waals surface area contributed by atoms with Crippen molar-refractivity contribution in [3.63, 3.8) is 0 Å². The molecular weight excluding hydrogens is 342 g/mol. The number of hydrogen-bond acceptors (Lipinski definition) is 3. The molecule has 0 aliphatic rings. The van der Waals surface area contributed by atoms with Crippen molar-refractivity contribution in [2.75, 3.05) is 19.5 Å². The Morgan fingerprint density at radius 3 is 2.50 bits per heavy atom. The highest BCUT2D eigenvalue weighted by molar-refractivity contribution is 9.10. The van der Waals surface area contributed by atoms with Gasteiger partial charge in [-0.2, -0.15) is 0 Å². The summed E-state index contributed by atoms with van der Waals surface area (Å²) in [6.45, 7) is 0.599. The van der Waals surface area contributed by atoms with Gasteiger partial charge in [0.05, 0.1) is 19.2 Å². The summed E-state index contributed by atoms with van der Waals surface area (Å²) in [5.74, 6) is 1.18. The van der Waals surface area contributed by atoms with E-state index in [1.54, 1.807) is 14.2 Å². The lowest BCUT2D eigenvalue weighted by molar-refractivity contribution is 0.355. The van der Waals surface area contributed by atoms with Gasteiger partial charge in [-0.15, -0.1) is 0 Å². The largest absolute Gasteiger partial charge is 0.493 e. The van der Waals surface area contributed by atoms with Crippen molar-refractivity contribution in [3.05, 3.63) is 51.5 Å². The van der Waals surface area contributed by atoms with E-state index in [0.717, 1.165) is 15.7 Å². The molecule has 0 spiro atoms. The van der Waals surface area contributed by atoms with Gasteiger partial charge in [-0.3, -0.25) is 0 Å². The fraction of sp³-hybridized carbons (Fsp3) is 0.200. The summed E-state index contributed by atoms with van der Waals surface area (Å²) < 4.78 is 11.5. The average Bonchev–Trinajstić information content (AvgIpc) is 2.47. The zero-order chi connectivity index (χ0) is 14.5. The normalized spacial score (nSPS) is 10.2. The van der Waals surface area contributed by atoms with Crippen molar-refractivity contribution in [2.24, 2.45) is 0 Å². The van der Waals surface area contributed by atoms with E-state index in [0.29, 0.717) is 23.1 Å². The van der Waals surface area contributed by atoms with Gasteiger partial charge in [0.25, 0.3) is 0 Å². The van der Waals surface area contributed by atoms with Gasteiger partial charge in [-0.25, -0.2) is 0 Å². The predicted octanol–water partition coefficient (Wildman–Crippen LogP) is 4.73. The second-order valence-electron chi connectivity index (χ2n) is 4.11. The maximum absolute atomic E-state index is 6.34. The summed E-state index contributed by atoms with van der Waals surface area (Å²) in [6.07, 6.45) is 0. The van der Waals surface area contributed by atoms with E-state index in [4.69, 9.17) is 21.1 Å². The van der Waals surface area contributed by atoms with Crippen LogP contribution in [0.5, 0.6) is 11.5 Å². The summed E-state index contributed by atoms with van der Waals surface area (Å²) in [7, 11) is 3.17. The zero-order valence-corrected chi connectivity index (χ0v) is 13.6. The van der Waals surface area contributed by atoms with Crippen LogP contribution >= 0.6 is 27.5 Å². The molecule has 20 heavy (non-hydrogen) atoms. The number of nitrogens with one attached hydrogen (secondary N) is 1. The minimum absolute atomic E-state index is 0.556. The first kappa shape index (κ1) is 15.0. The van der Waals surface area contributed by atoms with Crippen LogP contribution in [-0.2, 0) is 6.54 Å². The number of para-hydroxylation sites is 1. The molecule has 3 nitrogen and oxygen atoms in total. The Labute approximate surface area is 132 Å². The Hall–Kier alpha value is -1.39. The summed E-state index contributed by atoms with van der Waals surface area (Å²) in [5.41, 5.74) is 1.96. The molecule has 1 N–H and O–H groups in total. The van der Waals surface area contributed by atoms with Gasteiger partial charge in [-0.05, 0) is 39.7 Å². The molecule has 0 atom stereocenters. The van der Waals surface area contributed by atoms with Crippen LogP contribution in [0.1, 0.15) is 5.56 Å². The Kier molecular flexibility index (Phi) is 5.15. The maximum Gasteiger partial charge on any atom is 0.179 e. The number of hydrogen-bond donors (Lipinski definition) is 1. The van der Waals surface area contributed by atoms with Crippen molar-refractivity contribution in [3.8, 4) is 11.5 Å². The third-order valence-corrected chi connectivity index (χ3v) is 4.01. The van der Waals surface area contributed by atoms with Gasteiger partial charge in [0, 0.05) is 16.7 Å². The lowest BCUT2D eigenvalue weighted by Gasteiger charge is -2.14. The summed E-state index contributed by atoms with van der Waals surface area (Å²) in [5, 5.41) is 3.89. The number of halogens is 2. The van der Waals surface area contributed by atoms with Gasteiger partial charge in [0.1, 0.15) is 0 Å². The van der Waals surface area contributed by atoms with Crippen molar-refractivity contribution < 1.29 is 9.47 Å². The third kappa shape index (κ3) is 3.19.